The second-order valence-corrected chi connectivity index (χ2v) is 7.70. The molecule has 1 nitrogen and oxygen atoms in total. The molecular weight excluding hydrogens is 218 g/mol. The highest BCUT2D eigenvalue weighted by Crippen LogP contribution is 2.35. The van der Waals surface area contributed by atoms with Crippen molar-refractivity contribution in [1.82, 2.24) is 4.90 Å². The molecule has 0 aromatic heterocycles. The third-order valence-corrected chi connectivity index (χ3v) is 5.29. The predicted molar refractivity (Wildman–Crippen MR) is 79.9 cm³/mol. The van der Waals surface area contributed by atoms with Crippen molar-refractivity contribution in [1.29, 1.82) is 0 Å². The average molecular weight is 251 g/mol. The average Bonchev–Trinajstić information content (AvgIpc) is 2.82. The van der Waals surface area contributed by atoms with Gasteiger partial charge in [-0.1, -0.05) is 59.3 Å². The van der Waals surface area contributed by atoms with Gasteiger partial charge in [0.25, 0.3) is 0 Å². The normalized spacial score (nSPS) is 29.8. The lowest BCUT2D eigenvalue weighted by Crippen LogP contribution is -2.34. The van der Waals surface area contributed by atoms with Gasteiger partial charge in [0.2, 0.25) is 0 Å². The standard InChI is InChI=1S/C17H33N/c1-17(2,3)15-12-13-18(14-15)16-10-8-6-4-5-7-9-11-16/h15-16H,4-14H2,1-3H3. The molecule has 1 saturated carbocycles. The molecule has 1 heteroatoms. The minimum Gasteiger partial charge on any atom is -0.300 e. The lowest BCUT2D eigenvalue weighted by atomic mass is 9.80. The van der Waals surface area contributed by atoms with E-state index >= 15 is 0 Å². The van der Waals surface area contributed by atoms with Crippen LogP contribution < -0.4 is 0 Å². The maximum Gasteiger partial charge on any atom is 0.00953 e. The van der Waals surface area contributed by atoms with Crippen molar-refractivity contribution in [3.05, 3.63) is 0 Å². The summed E-state index contributed by atoms with van der Waals surface area (Å²) in [4.78, 5) is 2.83. The topological polar surface area (TPSA) is 3.24 Å². The summed E-state index contributed by atoms with van der Waals surface area (Å²) < 4.78 is 0. The zero-order valence-corrected chi connectivity index (χ0v) is 12.9. The molecule has 106 valence electrons. The largest absolute Gasteiger partial charge is 0.300 e. The van der Waals surface area contributed by atoms with Crippen LogP contribution in [0.2, 0.25) is 0 Å². The highest BCUT2D eigenvalue weighted by molar-refractivity contribution is 4.87. The monoisotopic (exact) mass is 251 g/mol. The fraction of sp³-hybridized carbons (Fsp3) is 1.00. The van der Waals surface area contributed by atoms with Crippen LogP contribution in [-0.2, 0) is 0 Å². The summed E-state index contributed by atoms with van der Waals surface area (Å²) in [6.07, 6.45) is 13.2. The first-order chi connectivity index (χ1) is 8.57. The third kappa shape index (κ3) is 3.98. The number of hydrogen-bond donors (Lipinski definition) is 0. The summed E-state index contributed by atoms with van der Waals surface area (Å²) in [6, 6.07) is 0.912. The maximum atomic E-state index is 2.83. The Balaban J connectivity index is 1.86. The molecule has 0 aromatic carbocycles. The molecule has 18 heavy (non-hydrogen) atoms. The van der Waals surface area contributed by atoms with Gasteiger partial charge < -0.3 is 4.90 Å². The Morgan fingerprint density at radius 1 is 0.778 bits per heavy atom. The van der Waals surface area contributed by atoms with Crippen LogP contribution in [0.25, 0.3) is 0 Å². The Morgan fingerprint density at radius 2 is 1.33 bits per heavy atom. The zero-order chi connectivity index (χ0) is 13.0. The van der Waals surface area contributed by atoms with Gasteiger partial charge in [0.15, 0.2) is 0 Å². The summed E-state index contributed by atoms with van der Waals surface area (Å²) in [5, 5.41) is 0. The van der Waals surface area contributed by atoms with E-state index < -0.39 is 0 Å². The molecule has 2 aliphatic rings. The Bertz CT molecular complexity index is 230. The maximum absolute atomic E-state index is 2.83. The van der Waals surface area contributed by atoms with Crippen LogP contribution in [0.1, 0.15) is 78.6 Å². The van der Waals surface area contributed by atoms with Crippen LogP contribution in [0.15, 0.2) is 0 Å². The second kappa shape index (κ2) is 6.41. The molecule has 0 bridgehead atoms. The van der Waals surface area contributed by atoms with E-state index in [2.05, 4.69) is 25.7 Å². The van der Waals surface area contributed by atoms with Gasteiger partial charge >= 0.3 is 0 Å². The van der Waals surface area contributed by atoms with Gasteiger partial charge in [-0.05, 0) is 37.1 Å². The quantitative estimate of drug-likeness (QED) is 0.643. The van der Waals surface area contributed by atoms with Gasteiger partial charge in [0, 0.05) is 12.6 Å². The molecule has 1 heterocycles. The fourth-order valence-corrected chi connectivity index (χ4v) is 3.80. The molecule has 1 saturated heterocycles. The molecule has 1 atom stereocenters. The molecule has 0 aromatic rings. The van der Waals surface area contributed by atoms with Crippen LogP contribution in [0.3, 0.4) is 0 Å². The molecule has 0 N–H and O–H groups in total. The van der Waals surface area contributed by atoms with Gasteiger partial charge in [0.1, 0.15) is 0 Å². The first-order valence-corrected chi connectivity index (χ1v) is 8.31. The van der Waals surface area contributed by atoms with E-state index in [4.69, 9.17) is 0 Å². The molecule has 0 spiro atoms. The van der Waals surface area contributed by atoms with Crippen LogP contribution >= 0.6 is 0 Å². The summed E-state index contributed by atoms with van der Waals surface area (Å²) in [5.41, 5.74) is 0.507. The van der Waals surface area contributed by atoms with E-state index in [1.165, 1.54) is 70.9 Å². The zero-order valence-electron chi connectivity index (χ0n) is 12.9. The number of likely N-dealkylation sites (tertiary alicyclic amines) is 1. The smallest absolute Gasteiger partial charge is 0.00953 e. The van der Waals surface area contributed by atoms with Crippen molar-refractivity contribution < 1.29 is 0 Å². The van der Waals surface area contributed by atoms with Crippen molar-refractivity contribution in [2.45, 2.75) is 84.6 Å². The molecule has 0 radical (unpaired) electrons. The van der Waals surface area contributed by atoms with E-state index in [9.17, 15) is 0 Å². The van der Waals surface area contributed by atoms with E-state index in [-0.39, 0.29) is 0 Å². The van der Waals surface area contributed by atoms with Crippen LogP contribution in [-0.4, -0.2) is 24.0 Å². The summed E-state index contributed by atoms with van der Waals surface area (Å²) >= 11 is 0. The molecule has 1 aliphatic carbocycles. The van der Waals surface area contributed by atoms with Gasteiger partial charge in [-0.25, -0.2) is 0 Å². The summed E-state index contributed by atoms with van der Waals surface area (Å²) in [6.45, 7) is 10.00. The van der Waals surface area contributed by atoms with Crippen LogP contribution in [0.4, 0.5) is 0 Å². The van der Waals surface area contributed by atoms with Crippen LogP contribution in [0, 0.1) is 11.3 Å². The minimum absolute atomic E-state index is 0.507. The van der Waals surface area contributed by atoms with E-state index in [0.717, 1.165) is 12.0 Å². The van der Waals surface area contributed by atoms with Crippen molar-refractivity contribution >= 4 is 0 Å². The number of rotatable bonds is 1. The van der Waals surface area contributed by atoms with Gasteiger partial charge in [-0.3, -0.25) is 0 Å². The van der Waals surface area contributed by atoms with Gasteiger partial charge in [-0.2, -0.15) is 0 Å². The van der Waals surface area contributed by atoms with E-state index in [1.54, 1.807) is 0 Å². The summed E-state index contributed by atoms with van der Waals surface area (Å²) in [7, 11) is 0. The van der Waals surface area contributed by atoms with Crippen molar-refractivity contribution in [2.75, 3.05) is 13.1 Å². The lowest BCUT2D eigenvalue weighted by molar-refractivity contribution is 0.177. The molecule has 1 unspecified atom stereocenters. The lowest BCUT2D eigenvalue weighted by Gasteiger charge is -2.31. The van der Waals surface area contributed by atoms with Gasteiger partial charge in [0.05, 0.1) is 0 Å². The highest BCUT2D eigenvalue weighted by Gasteiger charge is 2.34. The predicted octanol–water partition coefficient (Wildman–Crippen LogP) is 4.86. The Labute approximate surface area is 114 Å². The number of nitrogens with zero attached hydrogens (tertiary/aromatic N) is 1. The first kappa shape index (κ1) is 14.4. The fourth-order valence-electron chi connectivity index (χ4n) is 3.80. The summed E-state index contributed by atoms with van der Waals surface area (Å²) in [5.74, 6) is 0.921. The SMILES string of the molecule is CC(C)(C)C1CCN(C2CCCCCCCC2)C1. The second-order valence-electron chi connectivity index (χ2n) is 7.70. The first-order valence-electron chi connectivity index (χ1n) is 8.31. The molecular formula is C17H33N. The third-order valence-electron chi connectivity index (χ3n) is 5.29. The minimum atomic E-state index is 0.507. The highest BCUT2D eigenvalue weighted by atomic mass is 15.2. The van der Waals surface area contributed by atoms with Gasteiger partial charge in [-0.15, -0.1) is 0 Å². The molecule has 2 fully saturated rings. The van der Waals surface area contributed by atoms with Crippen molar-refractivity contribution in [2.24, 2.45) is 11.3 Å². The Hall–Kier alpha value is -0.0400. The van der Waals surface area contributed by atoms with E-state index in [1.807, 2.05) is 0 Å². The Morgan fingerprint density at radius 3 is 1.83 bits per heavy atom. The molecule has 1 aliphatic heterocycles. The van der Waals surface area contributed by atoms with Crippen molar-refractivity contribution in [3.63, 3.8) is 0 Å². The number of hydrogen-bond acceptors (Lipinski definition) is 1. The molecule has 2 rings (SSSR count). The van der Waals surface area contributed by atoms with Crippen LogP contribution in [0.5, 0.6) is 0 Å². The van der Waals surface area contributed by atoms with E-state index in [0.29, 0.717) is 5.41 Å². The Kier molecular flexibility index (Phi) is 5.12. The van der Waals surface area contributed by atoms with Crippen molar-refractivity contribution in [3.8, 4) is 0 Å². The molecule has 0 amide bonds.